The molecule has 1 aromatic heterocycles. The van der Waals surface area contributed by atoms with E-state index in [0.29, 0.717) is 58.7 Å². The Hall–Kier alpha value is -3.94. The summed E-state index contributed by atoms with van der Waals surface area (Å²) in [4.78, 5) is 27.2. The van der Waals surface area contributed by atoms with Gasteiger partial charge in [0, 0.05) is 11.8 Å². The van der Waals surface area contributed by atoms with E-state index in [-0.39, 0.29) is 5.91 Å². The first-order valence-corrected chi connectivity index (χ1v) is 9.84. The highest BCUT2D eigenvalue weighted by Crippen LogP contribution is 2.41. The molecule has 2 aliphatic rings. The van der Waals surface area contributed by atoms with E-state index >= 15 is 0 Å². The highest BCUT2D eigenvalue weighted by molar-refractivity contribution is 6.12. The number of hydrogen-bond donors (Lipinski definition) is 1. The number of hydrogen-bond acceptors (Lipinski definition) is 7. The van der Waals surface area contributed by atoms with Gasteiger partial charge in [-0.1, -0.05) is 12.1 Å². The predicted molar refractivity (Wildman–Crippen MR) is 112 cm³/mol. The van der Waals surface area contributed by atoms with Gasteiger partial charge in [0.15, 0.2) is 17.7 Å². The number of carbonyl (C=O) groups excluding carboxylic acids is 2. The Kier molecular flexibility index (Phi) is 4.54. The Bertz CT molecular complexity index is 1180. The third kappa shape index (κ3) is 3.16. The van der Waals surface area contributed by atoms with E-state index in [1.54, 1.807) is 42.2 Å². The minimum Gasteiger partial charge on any atom is -0.486 e. The van der Waals surface area contributed by atoms with Crippen molar-refractivity contribution >= 4 is 23.3 Å². The van der Waals surface area contributed by atoms with Crippen molar-refractivity contribution in [3.05, 3.63) is 71.2 Å². The van der Waals surface area contributed by atoms with Crippen molar-refractivity contribution < 1.29 is 28.2 Å². The summed E-state index contributed by atoms with van der Waals surface area (Å²) in [6.07, 6.45) is -0.679. The number of carbonyl (C=O) groups is 2. The van der Waals surface area contributed by atoms with Crippen LogP contribution in [0, 0.1) is 6.92 Å². The zero-order valence-electron chi connectivity index (χ0n) is 17.0. The van der Waals surface area contributed by atoms with Crippen molar-refractivity contribution in [1.82, 2.24) is 0 Å². The van der Waals surface area contributed by atoms with Crippen LogP contribution in [-0.2, 0) is 4.74 Å². The van der Waals surface area contributed by atoms with Gasteiger partial charge in [0.2, 0.25) is 0 Å². The monoisotopic (exact) mass is 420 g/mol. The third-order valence-corrected chi connectivity index (χ3v) is 5.34. The van der Waals surface area contributed by atoms with Crippen LogP contribution in [0.2, 0.25) is 0 Å². The second kappa shape index (κ2) is 7.39. The van der Waals surface area contributed by atoms with Crippen LogP contribution in [0.4, 0.5) is 11.4 Å². The second-order valence-electron chi connectivity index (χ2n) is 7.21. The maximum atomic E-state index is 13.5. The van der Waals surface area contributed by atoms with Crippen molar-refractivity contribution in [2.45, 2.75) is 13.1 Å². The van der Waals surface area contributed by atoms with Gasteiger partial charge in [-0.15, -0.1) is 0 Å². The van der Waals surface area contributed by atoms with Crippen molar-refractivity contribution in [1.29, 1.82) is 0 Å². The largest absolute Gasteiger partial charge is 0.486 e. The van der Waals surface area contributed by atoms with Crippen LogP contribution in [0.5, 0.6) is 11.5 Å². The minimum absolute atomic E-state index is 0.204. The Labute approximate surface area is 178 Å². The smallest absolute Gasteiger partial charge is 0.341 e. The van der Waals surface area contributed by atoms with Crippen molar-refractivity contribution in [3.63, 3.8) is 0 Å². The predicted octanol–water partition coefficient (Wildman–Crippen LogP) is 3.92. The molecular weight excluding hydrogens is 400 g/mol. The number of benzene rings is 2. The number of anilines is 2. The molecule has 2 aromatic carbocycles. The Morgan fingerprint density at radius 3 is 2.68 bits per heavy atom. The van der Waals surface area contributed by atoms with Crippen molar-refractivity contribution in [2.75, 3.05) is 30.5 Å². The first kappa shape index (κ1) is 19.0. The molecule has 5 rings (SSSR count). The number of furan rings is 1. The molecule has 0 spiro atoms. The molecule has 1 N–H and O–H groups in total. The van der Waals surface area contributed by atoms with Gasteiger partial charge >= 0.3 is 5.97 Å². The van der Waals surface area contributed by atoms with Gasteiger partial charge in [0.05, 0.1) is 18.4 Å². The van der Waals surface area contributed by atoms with Crippen LogP contribution in [0.1, 0.15) is 38.4 Å². The third-order valence-electron chi connectivity index (χ3n) is 5.34. The van der Waals surface area contributed by atoms with Gasteiger partial charge in [0.1, 0.15) is 30.3 Å². The number of rotatable bonds is 3. The first-order chi connectivity index (χ1) is 15.1. The number of nitrogens with one attached hydrogen (secondary N) is 1. The molecule has 0 bridgehead atoms. The molecule has 0 saturated carbocycles. The van der Waals surface area contributed by atoms with Gasteiger partial charge in [0.25, 0.3) is 5.91 Å². The lowest BCUT2D eigenvalue weighted by atomic mass is 10.0. The molecule has 0 aliphatic carbocycles. The Morgan fingerprint density at radius 1 is 1.10 bits per heavy atom. The highest BCUT2D eigenvalue weighted by atomic mass is 16.6. The number of ether oxygens (including phenoxy) is 3. The summed E-state index contributed by atoms with van der Waals surface area (Å²) in [6, 6.07) is 14.2. The van der Waals surface area contributed by atoms with Crippen molar-refractivity contribution in [3.8, 4) is 11.5 Å². The molecule has 8 heteroatoms. The normalized spacial score (nSPS) is 17.0. The van der Waals surface area contributed by atoms with E-state index in [4.69, 9.17) is 18.6 Å². The molecule has 1 amide bonds. The van der Waals surface area contributed by atoms with E-state index in [2.05, 4.69) is 5.32 Å². The summed E-state index contributed by atoms with van der Waals surface area (Å²) in [5, 5.41) is 3.36. The lowest BCUT2D eigenvalue weighted by Crippen LogP contribution is -2.43. The average Bonchev–Trinajstić information content (AvgIpc) is 3.19. The van der Waals surface area contributed by atoms with Gasteiger partial charge in [-0.05, 0) is 37.3 Å². The SMILES string of the molecule is COC(=O)c1cc([C@H]2Nc3ccccc3C(=O)N2c2ccc3c(c2)OCCO3)oc1C. The fourth-order valence-corrected chi connectivity index (χ4v) is 3.85. The van der Waals surface area contributed by atoms with E-state index in [0.717, 1.165) is 0 Å². The number of aryl methyl sites for hydroxylation is 1. The molecule has 0 radical (unpaired) electrons. The summed E-state index contributed by atoms with van der Waals surface area (Å²) in [5.74, 6) is 1.32. The average molecular weight is 420 g/mol. The molecule has 8 nitrogen and oxygen atoms in total. The van der Waals surface area contributed by atoms with Crippen molar-refractivity contribution in [2.24, 2.45) is 0 Å². The molecule has 2 aliphatic heterocycles. The quantitative estimate of drug-likeness (QED) is 0.643. The number of fused-ring (bicyclic) bond motifs is 2. The van der Waals surface area contributed by atoms with Crippen LogP contribution < -0.4 is 19.7 Å². The maximum Gasteiger partial charge on any atom is 0.341 e. The number of para-hydroxylation sites is 1. The van der Waals surface area contributed by atoms with Gasteiger partial charge in [-0.3, -0.25) is 9.69 Å². The summed E-state index contributed by atoms with van der Waals surface area (Å²) in [5.41, 5.74) is 2.13. The molecule has 158 valence electrons. The summed E-state index contributed by atoms with van der Waals surface area (Å²) in [7, 11) is 1.31. The lowest BCUT2D eigenvalue weighted by Gasteiger charge is -2.37. The van der Waals surface area contributed by atoms with Crippen LogP contribution in [-0.4, -0.2) is 32.2 Å². The van der Waals surface area contributed by atoms with Crippen LogP contribution in [0.3, 0.4) is 0 Å². The van der Waals surface area contributed by atoms with E-state index < -0.39 is 12.1 Å². The summed E-state index contributed by atoms with van der Waals surface area (Å²) >= 11 is 0. The maximum absolute atomic E-state index is 13.5. The summed E-state index contributed by atoms with van der Waals surface area (Å²) in [6.45, 7) is 2.60. The number of nitrogens with zero attached hydrogens (tertiary/aromatic N) is 1. The molecule has 31 heavy (non-hydrogen) atoms. The van der Waals surface area contributed by atoms with E-state index in [9.17, 15) is 9.59 Å². The Balaban J connectivity index is 1.63. The van der Waals surface area contributed by atoms with Crippen LogP contribution >= 0.6 is 0 Å². The molecule has 3 aromatic rings. The minimum atomic E-state index is -0.679. The molecule has 0 unspecified atom stereocenters. The van der Waals surface area contributed by atoms with Crippen LogP contribution in [0.15, 0.2) is 52.9 Å². The topological polar surface area (TPSA) is 90.2 Å². The molecule has 0 fully saturated rings. The van der Waals surface area contributed by atoms with Gasteiger partial charge in [-0.25, -0.2) is 4.79 Å². The zero-order chi connectivity index (χ0) is 21.5. The van der Waals surface area contributed by atoms with Gasteiger partial charge < -0.3 is 23.9 Å². The standard InChI is InChI=1S/C23H20N2O6/c1-13-16(23(27)28-2)12-20(31-13)21-24-17-6-4-3-5-15(17)22(26)25(21)14-7-8-18-19(11-14)30-10-9-29-18/h3-8,11-12,21,24H,9-10H2,1-2H3/t21-/m0/s1. The summed E-state index contributed by atoms with van der Waals surface area (Å²) < 4.78 is 22.0. The van der Waals surface area contributed by atoms with E-state index in [1.165, 1.54) is 7.11 Å². The number of amides is 1. The van der Waals surface area contributed by atoms with E-state index in [1.807, 2.05) is 18.2 Å². The Morgan fingerprint density at radius 2 is 1.87 bits per heavy atom. The zero-order valence-corrected chi connectivity index (χ0v) is 17.0. The van der Waals surface area contributed by atoms with Crippen LogP contribution in [0.25, 0.3) is 0 Å². The highest BCUT2D eigenvalue weighted by Gasteiger charge is 2.37. The van der Waals surface area contributed by atoms with Gasteiger partial charge in [-0.2, -0.15) is 0 Å². The lowest BCUT2D eigenvalue weighted by molar-refractivity contribution is 0.0598. The number of methoxy groups -OCH3 is 1. The first-order valence-electron chi connectivity index (χ1n) is 9.84. The molecular formula is C23H20N2O6. The fourth-order valence-electron chi connectivity index (χ4n) is 3.85. The molecule has 1 atom stereocenters. The number of esters is 1. The second-order valence-corrected chi connectivity index (χ2v) is 7.21. The molecule has 3 heterocycles. The molecule has 0 saturated heterocycles. The fraction of sp³-hybridized carbons (Fsp3) is 0.217.